The van der Waals surface area contributed by atoms with Crippen LogP contribution in [0.5, 0.6) is 5.75 Å². The minimum Gasteiger partial charge on any atom is -0.488 e. The number of hydrogen-bond donors (Lipinski definition) is 1. The van der Waals surface area contributed by atoms with Gasteiger partial charge in [0, 0.05) is 12.1 Å². The lowest BCUT2D eigenvalue weighted by Gasteiger charge is -2.34. The zero-order valence-electron chi connectivity index (χ0n) is 11.2. The van der Waals surface area contributed by atoms with E-state index in [-0.39, 0.29) is 18.0 Å². The van der Waals surface area contributed by atoms with Crippen LogP contribution in [0.2, 0.25) is 0 Å². The lowest BCUT2D eigenvalue weighted by atomic mass is 9.83. The first kappa shape index (κ1) is 13.3. The Morgan fingerprint density at radius 2 is 2.17 bits per heavy atom. The van der Waals surface area contributed by atoms with E-state index in [2.05, 4.69) is 6.92 Å². The molecule has 1 aromatic rings. The molecule has 18 heavy (non-hydrogen) atoms. The fourth-order valence-corrected chi connectivity index (χ4v) is 2.61. The maximum absolute atomic E-state index is 13.2. The maximum Gasteiger partial charge on any atom is 0.126 e. The predicted molar refractivity (Wildman–Crippen MR) is 71.2 cm³/mol. The summed E-state index contributed by atoms with van der Waals surface area (Å²) in [5.74, 6) is 1.06. The molecule has 1 aliphatic rings. The van der Waals surface area contributed by atoms with Gasteiger partial charge in [-0.3, -0.25) is 0 Å². The molecule has 2 N–H and O–H groups in total. The van der Waals surface area contributed by atoms with Gasteiger partial charge in [0.2, 0.25) is 0 Å². The molecule has 3 unspecified atom stereocenters. The van der Waals surface area contributed by atoms with Crippen LogP contribution in [-0.4, -0.2) is 12.1 Å². The van der Waals surface area contributed by atoms with Crippen molar-refractivity contribution in [1.29, 1.82) is 0 Å². The van der Waals surface area contributed by atoms with Gasteiger partial charge in [0.05, 0.1) is 0 Å². The van der Waals surface area contributed by atoms with E-state index in [0.717, 1.165) is 24.8 Å². The van der Waals surface area contributed by atoms with Gasteiger partial charge in [0.1, 0.15) is 17.7 Å². The van der Waals surface area contributed by atoms with Crippen molar-refractivity contribution < 1.29 is 9.13 Å². The number of aryl methyl sites for hydroxylation is 1. The van der Waals surface area contributed by atoms with Crippen LogP contribution in [0.25, 0.3) is 0 Å². The molecule has 0 aromatic heterocycles. The third-order valence-corrected chi connectivity index (χ3v) is 3.96. The van der Waals surface area contributed by atoms with Crippen LogP contribution < -0.4 is 10.5 Å². The molecule has 1 aromatic carbocycles. The first-order chi connectivity index (χ1) is 8.60. The molecule has 0 spiro atoms. The number of halogens is 1. The molecule has 0 bridgehead atoms. The highest BCUT2D eigenvalue weighted by Crippen LogP contribution is 2.30. The number of nitrogens with two attached hydrogens (primary N) is 1. The van der Waals surface area contributed by atoms with Crippen molar-refractivity contribution >= 4 is 0 Å². The summed E-state index contributed by atoms with van der Waals surface area (Å²) in [6.45, 7) is 4.13. The van der Waals surface area contributed by atoms with E-state index in [9.17, 15) is 4.39 Å². The Hall–Kier alpha value is -1.09. The molecule has 1 saturated carbocycles. The first-order valence-electron chi connectivity index (χ1n) is 6.78. The van der Waals surface area contributed by atoms with Gasteiger partial charge in [-0.15, -0.1) is 0 Å². The van der Waals surface area contributed by atoms with Crippen LogP contribution in [0, 0.1) is 18.7 Å². The maximum atomic E-state index is 13.2. The summed E-state index contributed by atoms with van der Waals surface area (Å²) in [6.07, 6.45) is 4.34. The second-order valence-corrected chi connectivity index (χ2v) is 5.32. The average molecular weight is 251 g/mol. The van der Waals surface area contributed by atoms with E-state index >= 15 is 0 Å². The van der Waals surface area contributed by atoms with Gasteiger partial charge in [0.25, 0.3) is 0 Å². The Balaban J connectivity index is 2.09. The number of benzene rings is 1. The van der Waals surface area contributed by atoms with Gasteiger partial charge < -0.3 is 10.5 Å². The molecule has 0 radical (unpaired) electrons. The van der Waals surface area contributed by atoms with Crippen LogP contribution in [-0.2, 0) is 0 Å². The molecule has 0 heterocycles. The average Bonchev–Trinajstić information content (AvgIpc) is 2.36. The molecule has 2 rings (SSSR count). The Morgan fingerprint density at radius 3 is 2.89 bits per heavy atom. The Morgan fingerprint density at radius 1 is 1.39 bits per heavy atom. The van der Waals surface area contributed by atoms with Crippen molar-refractivity contribution in [1.82, 2.24) is 0 Å². The van der Waals surface area contributed by atoms with Gasteiger partial charge in [-0.1, -0.05) is 19.4 Å². The SMILES string of the molecule is CCC1CCC(N)C(Oc2cc(F)ccc2C)C1. The number of ether oxygens (including phenoxy) is 1. The molecule has 0 amide bonds. The molecule has 1 fully saturated rings. The summed E-state index contributed by atoms with van der Waals surface area (Å²) < 4.78 is 19.2. The van der Waals surface area contributed by atoms with Crippen molar-refractivity contribution in [2.75, 3.05) is 0 Å². The fourth-order valence-electron chi connectivity index (χ4n) is 2.61. The fraction of sp³-hybridized carbons (Fsp3) is 0.600. The molecule has 3 heteroatoms. The van der Waals surface area contributed by atoms with Crippen molar-refractivity contribution in [2.24, 2.45) is 11.7 Å². The first-order valence-corrected chi connectivity index (χ1v) is 6.78. The van der Waals surface area contributed by atoms with Crippen molar-refractivity contribution in [3.05, 3.63) is 29.6 Å². The lowest BCUT2D eigenvalue weighted by molar-refractivity contribution is 0.100. The summed E-state index contributed by atoms with van der Waals surface area (Å²) in [5, 5.41) is 0. The standard InChI is InChI=1S/C15H22FNO/c1-3-11-5-7-13(17)15(8-11)18-14-9-12(16)6-4-10(14)2/h4,6,9,11,13,15H,3,5,7-8,17H2,1-2H3. The Labute approximate surface area is 108 Å². The summed E-state index contributed by atoms with van der Waals surface area (Å²) in [6, 6.07) is 4.72. The van der Waals surface area contributed by atoms with Crippen LogP contribution in [0.3, 0.4) is 0 Å². The van der Waals surface area contributed by atoms with Gasteiger partial charge in [0.15, 0.2) is 0 Å². The lowest BCUT2D eigenvalue weighted by Crippen LogP contribution is -2.43. The van der Waals surface area contributed by atoms with Gasteiger partial charge in [-0.05, 0) is 43.7 Å². The van der Waals surface area contributed by atoms with Gasteiger partial charge in [-0.2, -0.15) is 0 Å². The zero-order chi connectivity index (χ0) is 13.1. The normalized spacial score (nSPS) is 28.1. The smallest absolute Gasteiger partial charge is 0.126 e. The third-order valence-electron chi connectivity index (χ3n) is 3.96. The van der Waals surface area contributed by atoms with Crippen LogP contribution in [0.4, 0.5) is 4.39 Å². The van der Waals surface area contributed by atoms with Gasteiger partial charge >= 0.3 is 0 Å². The second-order valence-electron chi connectivity index (χ2n) is 5.32. The summed E-state index contributed by atoms with van der Waals surface area (Å²) in [5.41, 5.74) is 7.07. The van der Waals surface area contributed by atoms with E-state index in [1.165, 1.54) is 18.6 Å². The quantitative estimate of drug-likeness (QED) is 0.893. The summed E-state index contributed by atoms with van der Waals surface area (Å²) in [7, 11) is 0. The van der Waals surface area contributed by atoms with E-state index in [1.54, 1.807) is 6.07 Å². The van der Waals surface area contributed by atoms with Crippen LogP contribution in [0.15, 0.2) is 18.2 Å². The molecule has 100 valence electrons. The minimum absolute atomic E-state index is 0.0178. The number of hydrogen-bond acceptors (Lipinski definition) is 2. The van der Waals surface area contributed by atoms with Crippen molar-refractivity contribution in [3.63, 3.8) is 0 Å². The summed E-state index contributed by atoms with van der Waals surface area (Å²) >= 11 is 0. The molecular weight excluding hydrogens is 229 g/mol. The van der Waals surface area contributed by atoms with E-state index < -0.39 is 0 Å². The highest BCUT2D eigenvalue weighted by Gasteiger charge is 2.29. The molecule has 2 nitrogen and oxygen atoms in total. The molecule has 0 aliphatic heterocycles. The highest BCUT2D eigenvalue weighted by molar-refractivity contribution is 5.33. The van der Waals surface area contributed by atoms with E-state index in [4.69, 9.17) is 10.5 Å². The predicted octanol–water partition coefficient (Wildman–Crippen LogP) is 3.42. The summed E-state index contributed by atoms with van der Waals surface area (Å²) in [4.78, 5) is 0. The second kappa shape index (κ2) is 5.70. The van der Waals surface area contributed by atoms with E-state index in [0.29, 0.717) is 11.7 Å². The van der Waals surface area contributed by atoms with Crippen molar-refractivity contribution in [3.8, 4) is 5.75 Å². The minimum atomic E-state index is -0.257. The largest absolute Gasteiger partial charge is 0.488 e. The van der Waals surface area contributed by atoms with Crippen LogP contribution >= 0.6 is 0 Å². The Kier molecular flexibility index (Phi) is 4.23. The third kappa shape index (κ3) is 3.02. The monoisotopic (exact) mass is 251 g/mol. The highest BCUT2D eigenvalue weighted by atomic mass is 19.1. The molecule has 3 atom stereocenters. The number of rotatable bonds is 3. The van der Waals surface area contributed by atoms with E-state index in [1.807, 2.05) is 6.92 Å². The Bertz CT molecular complexity index is 407. The van der Waals surface area contributed by atoms with Crippen molar-refractivity contribution in [2.45, 2.75) is 51.7 Å². The topological polar surface area (TPSA) is 35.2 Å². The van der Waals surface area contributed by atoms with Gasteiger partial charge in [-0.25, -0.2) is 4.39 Å². The zero-order valence-corrected chi connectivity index (χ0v) is 11.2. The van der Waals surface area contributed by atoms with Crippen LogP contribution in [0.1, 0.15) is 38.2 Å². The molecular formula is C15H22FNO. The molecule has 1 aliphatic carbocycles. The molecule has 0 saturated heterocycles.